The van der Waals surface area contributed by atoms with Gasteiger partial charge in [0.15, 0.2) is 6.23 Å². The quantitative estimate of drug-likeness (QED) is 0.615. The standard InChI is InChI=1S/C13H18N2O6/c16-5-8-10(18)11(20-6-7-1-2-7)12(21-8)15-4-3-9(17)14-13(15)19/h3-4,7-8,10-12,16,18H,1-2,5-6H2,(H,14,17,19)/t8-,10-,11-,12-/m1/s1. The molecule has 2 heterocycles. The predicted octanol–water partition coefficient (Wildman–Crippen LogP) is -1.42. The molecular weight excluding hydrogens is 280 g/mol. The lowest BCUT2D eigenvalue weighted by Gasteiger charge is -2.22. The third-order valence-corrected chi connectivity index (χ3v) is 3.84. The van der Waals surface area contributed by atoms with Crippen LogP contribution in [0.1, 0.15) is 19.1 Å². The van der Waals surface area contributed by atoms with Crippen molar-refractivity contribution in [1.29, 1.82) is 0 Å². The first-order valence-electron chi connectivity index (χ1n) is 6.97. The van der Waals surface area contributed by atoms with E-state index in [-0.39, 0.29) is 6.61 Å². The number of hydrogen-bond donors (Lipinski definition) is 3. The summed E-state index contributed by atoms with van der Waals surface area (Å²) in [6, 6.07) is 1.20. The number of hydrogen-bond acceptors (Lipinski definition) is 6. The summed E-state index contributed by atoms with van der Waals surface area (Å²) < 4.78 is 12.4. The van der Waals surface area contributed by atoms with Gasteiger partial charge in [0.25, 0.3) is 5.56 Å². The van der Waals surface area contributed by atoms with Crippen molar-refractivity contribution < 1.29 is 19.7 Å². The summed E-state index contributed by atoms with van der Waals surface area (Å²) in [5.74, 6) is 0.485. The number of nitrogens with one attached hydrogen (secondary N) is 1. The van der Waals surface area contributed by atoms with Crippen LogP contribution in [0.15, 0.2) is 21.9 Å². The lowest BCUT2D eigenvalue weighted by molar-refractivity contribution is -0.0765. The number of nitrogens with zero attached hydrogens (tertiary/aromatic N) is 1. The molecule has 1 aromatic heterocycles. The van der Waals surface area contributed by atoms with Crippen molar-refractivity contribution in [2.24, 2.45) is 5.92 Å². The number of aromatic nitrogens is 2. The fourth-order valence-corrected chi connectivity index (χ4v) is 2.43. The monoisotopic (exact) mass is 298 g/mol. The summed E-state index contributed by atoms with van der Waals surface area (Å²) in [5.41, 5.74) is -1.15. The summed E-state index contributed by atoms with van der Waals surface area (Å²) in [5, 5.41) is 19.4. The van der Waals surface area contributed by atoms with Crippen LogP contribution in [0.4, 0.5) is 0 Å². The van der Waals surface area contributed by atoms with Gasteiger partial charge in [0.2, 0.25) is 0 Å². The van der Waals surface area contributed by atoms with Gasteiger partial charge >= 0.3 is 5.69 Å². The molecule has 3 rings (SSSR count). The Labute approximate surface area is 119 Å². The minimum atomic E-state index is -1.03. The van der Waals surface area contributed by atoms with Crippen LogP contribution in [0.3, 0.4) is 0 Å². The molecule has 0 bridgehead atoms. The number of aliphatic hydroxyl groups excluding tert-OH is 2. The van der Waals surface area contributed by atoms with Crippen molar-refractivity contribution in [2.75, 3.05) is 13.2 Å². The molecule has 1 saturated carbocycles. The Morgan fingerprint density at radius 2 is 2.19 bits per heavy atom. The third-order valence-electron chi connectivity index (χ3n) is 3.84. The number of ether oxygens (including phenoxy) is 2. The predicted molar refractivity (Wildman–Crippen MR) is 70.8 cm³/mol. The smallest absolute Gasteiger partial charge is 0.330 e. The maximum Gasteiger partial charge on any atom is 0.330 e. The van der Waals surface area contributed by atoms with Crippen LogP contribution in [0.5, 0.6) is 0 Å². The van der Waals surface area contributed by atoms with Gasteiger partial charge in [-0.15, -0.1) is 0 Å². The number of rotatable bonds is 5. The second kappa shape index (κ2) is 5.72. The minimum Gasteiger partial charge on any atom is -0.394 e. The van der Waals surface area contributed by atoms with E-state index in [1.165, 1.54) is 12.3 Å². The highest BCUT2D eigenvalue weighted by molar-refractivity contribution is 4.94. The molecule has 1 saturated heterocycles. The molecule has 4 atom stereocenters. The zero-order chi connectivity index (χ0) is 15.0. The first-order chi connectivity index (χ1) is 10.1. The zero-order valence-electron chi connectivity index (χ0n) is 11.3. The number of H-pyrrole nitrogens is 1. The first-order valence-corrected chi connectivity index (χ1v) is 6.97. The molecule has 21 heavy (non-hydrogen) atoms. The SMILES string of the molecule is O=c1ccn([C@@H]2O[C@H](CO)[C@@H](O)[C@H]2OCC2CC2)c(=O)[nH]1. The molecule has 8 heteroatoms. The van der Waals surface area contributed by atoms with E-state index < -0.39 is 35.8 Å². The Kier molecular flexibility index (Phi) is 3.94. The molecule has 3 N–H and O–H groups in total. The molecule has 2 aliphatic rings. The normalized spacial score (nSPS) is 32.5. The van der Waals surface area contributed by atoms with Gasteiger partial charge in [0, 0.05) is 12.3 Å². The fraction of sp³-hybridized carbons (Fsp3) is 0.692. The molecule has 0 amide bonds. The van der Waals surface area contributed by atoms with Crippen molar-refractivity contribution in [3.05, 3.63) is 33.1 Å². The molecule has 0 aromatic carbocycles. The summed E-state index contributed by atoms with van der Waals surface area (Å²) in [4.78, 5) is 25.1. The first kappa shape index (κ1) is 14.5. The van der Waals surface area contributed by atoms with Crippen LogP contribution in [0, 0.1) is 5.92 Å². The lowest BCUT2D eigenvalue weighted by Crippen LogP contribution is -2.39. The molecule has 0 spiro atoms. The van der Waals surface area contributed by atoms with E-state index in [1.54, 1.807) is 0 Å². The van der Waals surface area contributed by atoms with Gasteiger partial charge in [0.05, 0.1) is 13.2 Å². The van der Waals surface area contributed by atoms with Gasteiger partial charge in [-0.3, -0.25) is 14.3 Å². The van der Waals surface area contributed by atoms with E-state index >= 15 is 0 Å². The summed E-state index contributed by atoms with van der Waals surface area (Å²) in [6.45, 7) is 0.108. The van der Waals surface area contributed by atoms with Crippen LogP contribution >= 0.6 is 0 Å². The van der Waals surface area contributed by atoms with Crippen LogP contribution in [0.25, 0.3) is 0 Å². The van der Waals surface area contributed by atoms with Crippen molar-refractivity contribution in [3.63, 3.8) is 0 Å². The van der Waals surface area contributed by atoms with Crippen molar-refractivity contribution in [3.8, 4) is 0 Å². The fourth-order valence-electron chi connectivity index (χ4n) is 2.43. The topological polar surface area (TPSA) is 114 Å². The van der Waals surface area contributed by atoms with E-state index in [0.717, 1.165) is 17.4 Å². The van der Waals surface area contributed by atoms with Gasteiger partial charge in [-0.25, -0.2) is 4.79 Å². The lowest BCUT2D eigenvalue weighted by atomic mass is 10.1. The molecule has 116 valence electrons. The highest BCUT2D eigenvalue weighted by atomic mass is 16.6. The Balaban J connectivity index is 1.85. The van der Waals surface area contributed by atoms with E-state index in [0.29, 0.717) is 12.5 Å². The number of aliphatic hydroxyl groups is 2. The average molecular weight is 298 g/mol. The van der Waals surface area contributed by atoms with Crippen molar-refractivity contribution in [2.45, 2.75) is 37.4 Å². The van der Waals surface area contributed by atoms with E-state index in [1.807, 2.05) is 0 Å². The molecule has 2 fully saturated rings. The van der Waals surface area contributed by atoms with Crippen molar-refractivity contribution >= 4 is 0 Å². The Hall–Kier alpha value is -1.48. The summed E-state index contributed by atoms with van der Waals surface area (Å²) in [7, 11) is 0. The molecule has 8 nitrogen and oxygen atoms in total. The zero-order valence-corrected chi connectivity index (χ0v) is 11.3. The van der Waals surface area contributed by atoms with Crippen LogP contribution < -0.4 is 11.2 Å². The van der Waals surface area contributed by atoms with E-state index in [9.17, 15) is 19.8 Å². The van der Waals surface area contributed by atoms with E-state index in [4.69, 9.17) is 9.47 Å². The summed E-state index contributed by atoms with van der Waals surface area (Å²) in [6.07, 6.45) is 0.000596. The van der Waals surface area contributed by atoms with Gasteiger partial charge in [-0.2, -0.15) is 0 Å². The number of aromatic amines is 1. The molecular formula is C13H18N2O6. The second-order valence-corrected chi connectivity index (χ2v) is 5.50. The Morgan fingerprint density at radius 1 is 1.43 bits per heavy atom. The molecule has 1 aliphatic heterocycles. The molecule has 1 aliphatic carbocycles. The van der Waals surface area contributed by atoms with Gasteiger partial charge in [0.1, 0.15) is 18.3 Å². The molecule has 0 radical (unpaired) electrons. The second-order valence-electron chi connectivity index (χ2n) is 5.50. The molecule has 0 unspecified atom stereocenters. The van der Waals surface area contributed by atoms with Gasteiger partial charge < -0.3 is 19.7 Å². The maximum absolute atomic E-state index is 11.9. The van der Waals surface area contributed by atoms with Crippen molar-refractivity contribution in [1.82, 2.24) is 9.55 Å². The summed E-state index contributed by atoms with van der Waals surface area (Å²) >= 11 is 0. The minimum absolute atomic E-state index is 0.376. The Morgan fingerprint density at radius 3 is 2.81 bits per heavy atom. The van der Waals surface area contributed by atoms with Gasteiger partial charge in [-0.05, 0) is 18.8 Å². The van der Waals surface area contributed by atoms with Crippen LogP contribution in [-0.2, 0) is 9.47 Å². The maximum atomic E-state index is 11.9. The Bertz CT molecular complexity index is 607. The van der Waals surface area contributed by atoms with Gasteiger partial charge in [-0.1, -0.05) is 0 Å². The largest absolute Gasteiger partial charge is 0.394 e. The highest BCUT2D eigenvalue weighted by Gasteiger charge is 2.46. The van der Waals surface area contributed by atoms with E-state index in [2.05, 4.69) is 4.98 Å². The molecule has 1 aromatic rings. The average Bonchev–Trinajstić information content (AvgIpc) is 3.22. The van der Waals surface area contributed by atoms with Crippen LogP contribution in [-0.4, -0.2) is 51.3 Å². The highest BCUT2D eigenvalue weighted by Crippen LogP contribution is 2.34. The van der Waals surface area contributed by atoms with Crippen LogP contribution in [0.2, 0.25) is 0 Å². The third kappa shape index (κ3) is 2.93.